The lowest BCUT2D eigenvalue weighted by Gasteiger charge is -2.33. The number of likely N-dealkylation sites (tertiary alicyclic amines) is 1. The van der Waals surface area contributed by atoms with E-state index in [0.29, 0.717) is 24.8 Å². The fraction of sp³-hybridized carbons (Fsp3) is 0.867. The number of rotatable bonds is 2. The van der Waals surface area contributed by atoms with Crippen molar-refractivity contribution in [1.82, 2.24) is 4.90 Å². The summed E-state index contributed by atoms with van der Waals surface area (Å²) >= 11 is 0. The molecule has 4 rings (SSSR count). The van der Waals surface area contributed by atoms with Gasteiger partial charge in [0.2, 0.25) is 5.91 Å². The molecule has 4 heteroatoms. The zero-order valence-electron chi connectivity index (χ0n) is 11.1. The van der Waals surface area contributed by atoms with E-state index < -0.39 is 12.0 Å². The summed E-state index contributed by atoms with van der Waals surface area (Å²) in [7, 11) is 0. The predicted molar refractivity (Wildman–Crippen MR) is 68.3 cm³/mol. The Morgan fingerprint density at radius 1 is 1.00 bits per heavy atom. The van der Waals surface area contributed by atoms with Gasteiger partial charge in [-0.2, -0.15) is 0 Å². The van der Waals surface area contributed by atoms with Gasteiger partial charge in [-0.25, -0.2) is 4.79 Å². The van der Waals surface area contributed by atoms with Gasteiger partial charge in [0.05, 0.1) is 0 Å². The first kappa shape index (κ1) is 11.7. The standard InChI is InChI=1S/C15H21NO3/c17-14(16-6-2-1-3-10(16)15(18)19)13-11-8-4-5-9(7-8)12(11)13/h8-13H,1-7H2,(H,18,19)/t8?,9?,10-,11?,12?,13?/m1/s1. The van der Waals surface area contributed by atoms with Crippen molar-refractivity contribution in [3.8, 4) is 0 Å². The van der Waals surface area contributed by atoms with E-state index in [1.165, 1.54) is 19.3 Å². The highest BCUT2D eigenvalue weighted by Gasteiger charge is 2.68. The zero-order valence-corrected chi connectivity index (χ0v) is 11.1. The number of fused-ring (bicyclic) bond motifs is 5. The van der Waals surface area contributed by atoms with Crippen LogP contribution in [0.1, 0.15) is 38.5 Å². The summed E-state index contributed by atoms with van der Waals surface area (Å²) in [4.78, 5) is 25.7. The number of carbonyl (C=O) groups is 2. The SMILES string of the molecule is O=C(O)[C@H]1CCCCN1C(=O)C1C2C3CCC(C3)C12. The molecule has 19 heavy (non-hydrogen) atoms. The molecule has 3 aliphatic carbocycles. The van der Waals surface area contributed by atoms with Crippen LogP contribution in [0.4, 0.5) is 0 Å². The van der Waals surface area contributed by atoms with Crippen LogP contribution in [0.5, 0.6) is 0 Å². The van der Waals surface area contributed by atoms with E-state index in [1.807, 2.05) is 0 Å². The van der Waals surface area contributed by atoms with Crippen LogP contribution < -0.4 is 0 Å². The van der Waals surface area contributed by atoms with E-state index in [1.54, 1.807) is 4.90 Å². The largest absolute Gasteiger partial charge is 0.480 e. The first-order chi connectivity index (χ1) is 9.18. The molecule has 104 valence electrons. The minimum atomic E-state index is -0.818. The van der Waals surface area contributed by atoms with Gasteiger partial charge in [0.15, 0.2) is 0 Å². The molecule has 0 aromatic rings. The number of carboxylic acid groups (broad SMARTS) is 1. The molecule has 1 N–H and O–H groups in total. The van der Waals surface area contributed by atoms with E-state index >= 15 is 0 Å². The molecule has 0 radical (unpaired) electrons. The number of carboxylic acids is 1. The van der Waals surface area contributed by atoms with Crippen molar-refractivity contribution < 1.29 is 14.7 Å². The Bertz CT molecular complexity index is 419. The molecule has 2 bridgehead atoms. The van der Waals surface area contributed by atoms with E-state index in [9.17, 15) is 14.7 Å². The van der Waals surface area contributed by atoms with Crippen LogP contribution in [0.2, 0.25) is 0 Å². The van der Waals surface area contributed by atoms with E-state index in [2.05, 4.69) is 0 Å². The summed E-state index contributed by atoms with van der Waals surface area (Å²) in [6, 6.07) is -0.555. The number of aliphatic carboxylic acids is 1. The van der Waals surface area contributed by atoms with E-state index in [0.717, 1.165) is 24.7 Å². The first-order valence-electron chi connectivity index (χ1n) is 7.72. The fourth-order valence-electron chi connectivity index (χ4n) is 5.30. The average Bonchev–Trinajstić information content (AvgIpc) is 2.85. The second kappa shape index (κ2) is 3.97. The smallest absolute Gasteiger partial charge is 0.326 e. The minimum absolute atomic E-state index is 0.165. The van der Waals surface area contributed by atoms with Gasteiger partial charge in [-0.15, -0.1) is 0 Å². The number of hydrogen-bond donors (Lipinski definition) is 1. The van der Waals surface area contributed by atoms with Gasteiger partial charge in [-0.3, -0.25) is 4.79 Å². The first-order valence-corrected chi connectivity index (χ1v) is 7.72. The molecule has 1 saturated heterocycles. The third-order valence-electron chi connectivity index (χ3n) is 6.09. The number of piperidine rings is 1. The summed E-state index contributed by atoms with van der Waals surface area (Å²) in [5.74, 6) is 2.31. The van der Waals surface area contributed by atoms with Gasteiger partial charge in [0.25, 0.3) is 0 Å². The van der Waals surface area contributed by atoms with Crippen molar-refractivity contribution in [2.24, 2.45) is 29.6 Å². The van der Waals surface area contributed by atoms with Crippen LogP contribution in [0.25, 0.3) is 0 Å². The number of hydrogen-bond acceptors (Lipinski definition) is 2. The van der Waals surface area contributed by atoms with Gasteiger partial charge in [0.1, 0.15) is 6.04 Å². The second-order valence-corrected chi connectivity index (χ2v) is 6.90. The minimum Gasteiger partial charge on any atom is -0.480 e. The topological polar surface area (TPSA) is 57.6 Å². The second-order valence-electron chi connectivity index (χ2n) is 6.90. The number of amides is 1. The van der Waals surface area contributed by atoms with Gasteiger partial charge >= 0.3 is 5.97 Å². The van der Waals surface area contributed by atoms with Crippen LogP contribution in [0.3, 0.4) is 0 Å². The summed E-state index contributed by atoms with van der Waals surface area (Å²) < 4.78 is 0. The maximum absolute atomic E-state index is 12.7. The van der Waals surface area contributed by atoms with Crippen molar-refractivity contribution in [3.05, 3.63) is 0 Å². The molecular weight excluding hydrogens is 242 g/mol. The lowest BCUT2D eigenvalue weighted by atomic mass is 9.98. The molecule has 4 unspecified atom stereocenters. The average molecular weight is 263 g/mol. The summed E-state index contributed by atoms with van der Waals surface area (Å²) in [5.41, 5.74) is 0. The Labute approximate surface area is 113 Å². The van der Waals surface area contributed by atoms with E-state index in [-0.39, 0.29) is 11.8 Å². The lowest BCUT2D eigenvalue weighted by molar-refractivity contribution is -0.153. The van der Waals surface area contributed by atoms with Gasteiger partial charge < -0.3 is 10.0 Å². The van der Waals surface area contributed by atoms with Gasteiger partial charge in [-0.05, 0) is 62.2 Å². The summed E-state index contributed by atoms with van der Waals surface area (Å²) in [6.45, 7) is 0.654. The third kappa shape index (κ3) is 1.58. The lowest BCUT2D eigenvalue weighted by Crippen LogP contribution is -2.49. The molecule has 5 atom stereocenters. The molecule has 0 aromatic heterocycles. The molecule has 4 aliphatic rings. The molecule has 4 fully saturated rings. The molecule has 1 aliphatic heterocycles. The van der Waals surface area contributed by atoms with Crippen LogP contribution in [0, 0.1) is 29.6 Å². The number of nitrogens with zero attached hydrogens (tertiary/aromatic N) is 1. The third-order valence-corrected chi connectivity index (χ3v) is 6.09. The normalized spacial score (nSPS) is 47.1. The van der Waals surface area contributed by atoms with Crippen molar-refractivity contribution in [3.63, 3.8) is 0 Å². The maximum atomic E-state index is 12.7. The number of carbonyl (C=O) groups excluding carboxylic acids is 1. The highest BCUT2D eigenvalue weighted by Crippen LogP contribution is 2.69. The molecule has 1 amide bonds. The molecular formula is C15H21NO3. The Balaban J connectivity index is 1.50. The Hall–Kier alpha value is -1.06. The highest BCUT2D eigenvalue weighted by atomic mass is 16.4. The van der Waals surface area contributed by atoms with Crippen molar-refractivity contribution in [2.75, 3.05) is 6.54 Å². The molecule has 0 spiro atoms. The molecule has 1 heterocycles. The fourth-order valence-corrected chi connectivity index (χ4v) is 5.30. The summed E-state index contributed by atoms with van der Waals surface area (Å²) in [6.07, 6.45) is 6.47. The molecule has 0 aromatic carbocycles. The van der Waals surface area contributed by atoms with Crippen molar-refractivity contribution >= 4 is 11.9 Å². The monoisotopic (exact) mass is 263 g/mol. The maximum Gasteiger partial charge on any atom is 0.326 e. The zero-order chi connectivity index (χ0) is 13.1. The Kier molecular flexibility index (Phi) is 2.45. The Morgan fingerprint density at radius 3 is 2.32 bits per heavy atom. The van der Waals surface area contributed by atoms with Crippen LogP contribution in [0.15, 0.2) is 0 Å². The highest BCUT2D eigenvalue weighted by molar-refractivity contribution is 5.87. The quantitative estimate of drug-likeness (QED) is 0.825. The molecule has 4 nitrogen and oxygen atoms in total. The van der Waals surface area contributed by atoms with Gasteiger partial charge in [-0.1, -0.05) is 0 Å². The molecule has 3 saturated carbocycles. The van der Waals surface area contributed by atoms with Gasteiger partial charge in [0, 0.05) is 12.5 Å². The predicted octanol–water partition coefficient (Wildman–Crippen LogP) is 1.74. The van der Waals surface area contributed by atoms with E-state index in [4.69, 9.17) is 0 Å². The van der Waals surface area contributed by atoms with Crippen molar-refractivity contribution in [1.29, 1.82) is 0 Å². The van der Waals surface area contributed by atoms with Crippen LogP contribution in [-0.2, 0) is 9.59 Å². The van der Waals surface area contributed by atoms with Crippen molar-refractivity contribution in [2.45, 2.75) is 44.6 Å². The summed E-state index contributed by atoms with van der Waals surface area (Å²) in [5, 5.41) is 9.29. The van der Waals surface area contributed by atoms with Crippen LogP contribution >= 0.6 is 0 Å². The van der Waals surface area contributed by atoms with Crippen LogP contribution in [-0.4, -0.2) is 34.5 Å². The Morgan fingerprint density at radius 2 is 1.68 bits per heavy atom.